The van der Waals surface area contributed by atoms with Crippen LogP contribution in [0.5, 0.6) is 0 Å². The summed E-state index contributed by atoms with van der Waals surface area (Å²) in [5, 5.41) is 14.8. The van der Waals surface area contributed by atoms with Crippen molar-refractivity contribution in [3.8, 4) is 0 Å². The van der Waals surface area contributed by atoms with E-state index in [1.165, 1.54) is 30.5 Å². The van der Waals surface area contributed by atoms with Crippen molar-refractivity contribution in [3.05, 3.63) is 94.8 Å². The van der Waals surface area contributed by atoms with E-state index in [0.717, 1.165) is 18.2 Å². The van der Waals surface area contributed by atoms with Crippen LogP contribution >= 0.6 is 11.6 Å². The minimum atomic E-state index is -4.58. The fourth-order valence-corrected chi connectivity index (χ4v) is 3.22. The third-order valence-corrected chi connectivity index (χ3v) is 5.04. The van der Waals surface area contributed by atoms with E-state index in [2.05, 4.69) is 31.1 Å². The van der Waals surface area contributed by atoms with E-state index in [-0.39, 0.29) is 21.8 Å². The number of carbonyl (C=O) groups is 2. The maximum atomic E-state index is 12.9. The molecular formula is C23H16ClF3N6O2. The number of H-pyrrole nitrogens is 1. The normalized spacial score (nSPS) is 11.1. The second kappa shape index (κ2) is 9.85. The number of benzene rings is 2. The summed E-state index contributed by atoms with van der Waals surface area (Å²) < 4.78 is 38.8. The number of nitrogens with one attached hydrogen (secondary N) is 4. The standard InChI is InChI=1S/C23H16ClF3N6O2/c24-18-6-4-15(30-21(34)13-2-1-3-14(10-13)23(25,26)27)11-17(18)22(35)31-16-5-7-19(28-12-16)32-20-8-9-29-33-20/h1-12H,(H,30,34)(H,31,35)(H2,28,29,32,33). The van der Waals surface area contributed by atoms with Gasteiger partial charge in [-0.1, -0.05) is 17.7 Å². The van der Waals surface area contributed by atoms with Crippen LogP contribution in [0.3, 0.4) is 0 Å². The molecule has 0 aliphatic rings. The molecule has 0 fully saturated rings. The third kappa shape index (κ3) is 5.95. The van der Waals surface area contributed by atoms with E-state index in [9.17, 15) is 22.8 Å². The highest BCUT2D eigenvalue weighted by Gasteiger charge is 2.31. The Morgan fingerprint density at radius 2 is 1.69 bits per heavy atom. The predicted octanol–water partition coefficient (Wildman–Crippen LogP) is 5.73. The molecule has 0 saturated heterocycles. The fourth-order valence-electron chi connectivity index (χ4n) is 3.02. The second-order valence-electron chi connectivity index (χ2n) is 7.21. The maximum Gasteiger partial charge on any atom is 0.416 e. The molecule has 0 bridgehead atoms. The highest BCUT2D eigenvalue weighted by Crippen LogP contribution is 2.30. The Bertz CT molecular complexity index is 1360. The molecule has 178 valence electrons. The highest BCUT2D eigenvalue weighted by atomic mass is 35.5. The molecule has 4 rings (SSSR count). The number of carbonyl (C=O) groups excluding carboxylic acids is 2. The first-order valence-corrected chi connectivity index (χ1v) is 10.4. The van der Waals surface area contributed by atoms with E-state index in [0.29, 0.717) is 17.3 Å². The van der Waals surface area contributed by atoms with Gasteiger partial charge in [0.1, 0.15) is 11.6 Å². The number of aromatic amines is 1. The van der Waals surface area contributed by atoms with Crippen LogP contribution in [0.2, 0.25) is 5.02 Å². The molecule has 0 atom stereocenters. The van der Waals surface area contributed by atoms with Crippen LogP contribution in [0.4, 0.5) is 36.2 Å². The number of nitrogens with zero attached hydrogens (tertiary/aromatic N) is 2. The molecule has 12 heteroatoms. The van der Waals surface area contributed by atoms with Gasteiger partial charge in [-0.3, -0.25) is 14.7 Å². The average Bonchev–Trinajstić information content (AvgIpc) is 3.34. The number of amides is 2. The van der Waals surface area contributed by atoms with E-state index in [4.69, 9.17) is 11.6 Å². The van der Waals surface area contributed by atoms with E-state index >= 15 is 0 Å². The van der Waals surface area contributed by atoms with Crippen molar-refractivity contribution in [2.45, 2.75) is 6.18 Å². The molecule has 2 heterocycles. The van der Waals surface area contributed by atoms with E-state index in [1.54, 1.807) is 24.4 Å². The number of pyridine rings is 1. The van der Waals surface area contributed by atoms with Gasteiger partial charge in [-0.2, -0.15) is 18.3 Å². The Kier molecular flexibility index (Phi) is 6.69. The van der Waals surface area contributed by atoms with Gasteiger partial charge in [0.2, 0.25) is 0 Å². The van der Waals surface area contributed by atoms with Gasteiger partial charge >= 0.3 is 6.18 Å². The van der Waals surface area contributed by atoms with Crippen LogP contribution in [-0.2, 0) is 6.18 Å². The molecule has 0 spiro atoms. The first kappa shape index (κ1) is 23.8. The van der Waals surface area contributed by atoms with Crippen LogP contribution in [0.15, 0.2) is 73.1 Å². The smallest absolute Gasteiger partial charge is 0.325 e. The SMILES string of the molecule is O=C(Nc1ccc(Cl)c(C(=O)Nc2ccc(Nc3ccn[nH]3)nc2)c1)c1cccc(C(F)(F)F)c1. The number of aromatic nitrogens is 3. The van der Waals surface area contributed by atoms with Gasteiger partial charge in [-0.15, -0.1) is 0 Å². The summed E-state index contributed by atoms with van der Waals surface area (Å²) in [5.41, 5.74) is -0.511. The Morgan fingerprint density at radius 1 is 0.914 bits per heavy atom. The van der Waals surface area contributed by atoms with Crippen LogP contribution in [0, 0.1) is 0 Å². The number of hydrogen-bond donors (Lipinski definition) is 4. The average molecular weight is 501 g/mol. The van der Waals surface area contributed by atoms with Crippen molar-refractivity contribution in [2.24, 2.45) is 0 Å². The molecule has 2 amide bonds. The molecule has 2 aromatic heterocycles. The molecule has 4 N–H and O–H groups in total. The fraction of sp³-hybridized carbons (Fsp3) is 0.0435. The second-order valence-corrected chi connectivity index (χ2v) is 7.62. The van der Waals surface area contributed by atoms with Crippen LogP contribution < -0.4 is 16.0 Å². The number of rotatable bonds is 6. The molecule has 2 aromatic carbocycles. The Morgan fingerprint density at radius 3 is 2.37 bits per heavy atom. The predicted molar refractivity (Wildman–Crippen MR) is 125 cm³/mol. The zero-order valence-electron chi connectivity index (χ0n) is 17.7. The lowest BCUT2D eigenvalue weighted by Crippen LogP contribution is -2.16. The third-order valence-electron chi connectivity index (χ3n) is 4.71. The van der Waals surface area contributed by atoms with Crippen LogP contribution in [0.25, 0.3) is 0 Å². The first-order chi connectivity index (χ1) is 16.7. The molecule has 0 aliphatic heterocycles. The molecule has 0 unspecified atom stereocenters. The number of anilines is 4. The Balaban J connectivity index is 1.45. The number of halogens is 4. The van der Waals surface area contributed by atoms with Gasteiger partial charge in [-0.25, -0.2) is 4.98 Å². The van der Waals surface area contributed by atoms with Crippen molar-refractivity contribution >= 4 is 46.4 Å². The van der Waals surface area contributed by atoms with Crippen molar-refractivity contribution in [2.75, 3.05) is 16.0 Å². The van der Waals surface area contributed by atoms with E-state index < -0.39 is 23.6 Å². The summed E-state index contributed by atoms with van der Waals surface area (Å²) in [6.07, 6.45) is -1.56. The Labute approximate surface area is 201 Å². The quantitative estimate of drug-likeness (QED) is 0.270. The van der Waals surface area contributed by atoms with Crippen molar-refractivity contribution < 1.29 is 22.8 Å². The molecule has 8 nitrogen and oxygen atoms in total. The molecule has 35 heavy (non-hydrogen) atoms. The lowest BCUT2D eigenvalue weighted by Gasteiger charge is -2.11. The van der Waals surface area contributed by atoms with Gasteiger partial charge in [0.25, 0.3) is 11.8 Å². The largest absolute Gasteiger partial charge is 0.416 e. The van der Waals surface area contributed by atoms with Crippen molar-refractivity contribution in [1.29, 1.82) is 0 Å². The van der Waals surface area contributed by atoms with E-state index in [1.807, 2.05) is 0 Å². The first-order valence-electron chi connectivity index (χ1n) is 10.0. The van der Waals surface area contributed by atoms with Crippen LogP contribution in [0.1, 0.15) is 26.3 Å². The summed E-state index contributed by atoms with van der Waals surface area (Å²) >= 11 is 6.15. The molecule has 0 saturated carbocycles. The molecule has 0 aliphatic carbocycles. The maximum absolute atomic E-state index is 12.9. The lowest BCUT2D eigenvalue weighted by molar-refractivity contribution is -0.137. The summed E-state index contributed by atoms with van der Waals surface area (Å²) in [4.78, 5) is 29.4. The minimum Gasteiger partial charge on any atom is -0.325 e. The summed E-state index contributed by atoms with van der Waals surface area (Å²) in [5.74, 6) is -0.176. The lowest BCUT2D eigenvalue weighted by atomic mass is 10.1. The van der Waals surface area contributed by atoms with Crippen molar-refractivity contribution in [3.63, 3.8) is 0 Å². The molecule has 0 radical (unpaired) electrons. The summed E-state index contributed by atoms with van der Waals surface area (Å²) in [7, 11) is 0. The number of hydrogen-bond acceptors (Lipinski definition) is 5. The highest BCUT2D eigenvalue weighted by molar-refractivity contribution is 6.34. The zero-order chi connectivity index (χ0) is 25.0. The Hall–Kier alpha value is -4.38. The summed E-state index contributed by atoms with van der Waals surface area (Å²) in [6.45, 7) is 0. The van der Waals surface area contributed by atoms with Crippen molar-refractivity contribution in [1.82, 2.24) is 15.2 Å². The number of alkyl halides is 3. The summed E-state index contributed by atoms with van der Waals surface area (Å²) in [6, 6.07) is 13.2. The molecule has 4 aromatic rings. The minimum absolute atomic E-state index is 0.0492. The van der Waals surface area contributed by atoms with Gasteiger partial charge in [0.15, 0.2) is 0 Å². The van der Waals surface area contributed by atoms with Gasteiger partial charge < -0.3 is 16.0 Å². The topological polar surface area (TPSA) is 112 Å². The van der Waals surface area contributed by atoms with Gasteiger partial charge in [-0.05, 0) is 48.5 Å². The van der Waals surface area contributed by atoms with Crippen LogP contribution in [-0.4, -0.2) is 27.0 Å². The van der Waals surface area contributed by atoms with Gasteiger partial charge in [0.05, 0.1) is 34.2 Å². The van der Waals surface area contributed by atoms with Gasteiger partial charge in [0, 0.05) is 17.3 Å². The molecular weight excluding hydrogens is 485 g/mol. The zero-order valence-corrected chi connectivity index (χ0v) is 18.4. The monoisotopic (exact) mass is 500 g/mol.